The maximum Gasteiger partial charge on any atom is 0.345 e. The van der Waals surface area contributed by atoms with Gasteiger partial charge in [-0.1, -0.05) is 12.1 Å². The molecule has 0 amide bonds. The third-order valence-corrected chi connectivity index (χ3v) is 4.78. The Kier molecular flexibility index (Phi) is 8.70. The van der Waals surface area contributed by atoms with Crippen molar-refractivity contribution in [3.8, 4) is 5.75 Å². The minimum atomic E-state index is -0.665. The first-order chi connectivity index (χ1) is 14.0. The predicted octanol–water partition coefficient (Wildman–Crippen LogP) is 3.35. The van der Waals surface area contributed by atoms with Crippen LogP contribution < -0.4 is 4.74 Å². The van der Waals surface area contributed by atoms with Gasteiger partial charge in [-0.15, -0.1) is 0 Å². The van der Waals surface area contributed by atoms with Crippen molar-refractivity contribution in [2.24, 2.45) is 5.92 Å². The van der Waals surface area contributed by atoms with Gasteiger partial charge in [-0.05, 0) is 62.8 Å². The number of benzene rings is 1. The second kappa shape index (κ2) is 11.2. The van der Waals surface area contributed by atoms with Gasteiger partial charge in [-0.25, -0.2) is 9.59 Å². The molecule has 1 aromatic carbocycles. The summed E-state index contributed by atoms with van der Waals surface area (Å²) in [7, 11) is 1.59. The van der Waals surface area contributed by atoms with Crippen molar-refractivity contribution in [1.82, 2.24) is 0 Å². The molecule has 1 aliphatic carbocycles. The Labute approximate surface area is 171 Å². The highest BCUT2D eigenvalue weighted by atomic mass is 16.6. The van der Waals surface area contributed by atoms with Crippen LogP contribution in [0.25, 0.3) is 0 Å². The molecule has 7 heteroatoms. The van der Waals surface area contributed by atoms with Crippen molar-refractivity contribution in [1.29, 1.82) is 0 Å². The predicted molar refractivity (Wildman–Crippen MR) is 105 cm³/mol. The first-order valence-corrected chi connectivity index (χ1v) is 9.85. The Balaban J connectivity index is 1.95. The van der Waals surface area contributed by atoms with E-state index in [1.54, 1.807) is 21.0 Å². The van der Waals surface area contributed by atoms with E-state index in [9.17, 15) is 14.4 Å². The molecule has 0 bridgehead atoms. The van der Waals surface area contributed by atoms with Crippen molar-refractivity contribution in [3.05, 3.63) is 41.0 Å². The first kappa shape index (κ1) is 22.5. The van der Waals surface area contributed by atoms with E-state index in [-0.39, 0.29) is 37.3 Å². The number of methoxy groups -OCH3 is 1. The number of allylic oxidation sites excluding steroid dienone is 1. The summed E-state index contributed by atoms with van der Waals surface area (Å²) in [6.45, 7) is 3.91. The van der Waals surface area contributed by atoms with Crippen molar-refractivity contribution in [2.45, 2.75) is 46.1 Å². The van der Waals surface area contributed by atoms with Gasteiger partial charge in [-0.3, -0.25) is 4.79 Å². The maximum absolute atomic E-state index is 12.4. The smallest absolute Gasteiger partial charge is 0.345 e. The summed E-state index contributed by atoms with van der Waals surface area (Å²) < 4.78 is 20.5. The van der Waals surface area contributed by atoms with Crippen molar-refractivity contribution in [3.63, 3.8) is 0 Å². The second-order valence-electron chi connectivity index (χ2n) is 6.65. The van der Waals surface area contributed by atoms with Gasteiger partial charge in [0.25, 0.3) is 0 Å². The summed E-state index contributed by atoms with van der Waals surface area (Å²) in [5, 5.41) is 0. The van der Waals surface area contributed by atoms with E-state index in [0.717, 1.165) is 11.3 Å². The van der Waals surface area contributed by atoms with Gasteiger partial charge in [0.2, 0.25) is 0 Å². The fourth-order valence-electron chi connectivity index (χ4n) is 3.22. The van der Waals surface area contributed by atoms with Crippen LogP contribution >= 0.6 is 0 Å². The van der Waals surface area contributed by atoms with Crippen LogP contribution in [0.5, 0.6) is 5.75 Å². The third kappa shape index (κ3) is 6.34. The molecule has 0 aromatic heterocycles. The number of hydrogen-bond donors (Lipinski definition) is 0. The largest absolute Gasteiger partial charge is 0.497 e. The molecule has 0 saturated heterocycles. The van der Waals surface area contributed by atoms with Crippen molar-refractivity contribution < 1.29 is 33.3 Å². The maximum atomic E-state index is 12.4. The Hall–Kier alpha value is -2.83. The molecule has 0 radical (unpaired) electrons. The number of carbonyl (C=O) groups is 3. The van der Waals surface area contributed by atoms with Crippen molar-refractivity contribution in [2.75, 3.05) is 20.3 Å². The van der Waals surface area contributed by atoms with E-state index in [0.29, 0.717) is 31.3 Å². The molecule has 0 unspecified atom stereocenters. The molecule has 1 saturated carbocycles. The van der Waals surface area contributed by atoms with E-state index >= 15 is 0 Å². The van der Waals surface area contributed by atoms with Gasteiger partial charge in [0.1, 0.15) is 17.9 Å². The highest BCUT2D eigenvalue weighted by Gasteiger charge is 2.31. The molecule has 1 aliphatic rings. The molecule has 1 aromatic rings. The average Bonchev–Trinajstić information content (AvgIpc) is 2.73. The molecule has 158 valence electrons. The van der Waals surface area contributed by atoms with E-state index in [1.807, 2.05) is 24.3 Å². The molecule has 0 N–H and O–H groups in total. The van der Waals surface area contributed by atoms with Gasteiger partial charge in [-0.2, -0.15) is 0 Å². The molecular formula is C22H28O7. The van der Waals surface area contributed by atoms with Gasteiger partial charge < -0.3 is 18.9 Å². The van der Waals surface area contributed by atoms with Gasteiger partial charge in [0, 0.05) is 0 Å². The lowest BCUT2D eigenvalue weighted by atomic mass is 9.83. The Morgan fingerprint density at radius 1 is 0.897 bits per heavy atom. The fourth-order valence-corrected chi connectivity index (χ4v) is 3.22. The van der Waals surface area contributed by atoms with Crippen LogP contribution in [0.1, 0.15) is 45.1 Å². The minimum absolute atomic E-state index is 0.0289. The standard InChI is InChI=1S/C22H28O7/c1-4-27-21(24)19(22(25)28-5-2)16-8-10-17(11-9-16)20(23)29-14-15-6-12-18(26-3)13-7-15/h6-7,12-13,17H,4-5,8-11,14H2,1-3H3. The molecule has 0 aliphatic heterocycles. The molecule has 7 nitrogen and oxygen atoms in total. The average molecular weight is 404 g/mol. The third-order valence-electron chi connectivity index (χ3n) is 4.78. The molecule has 2 rings (SSSR count). The van der Waals surface area contributed by atoms with Crippen LogP contribution in [0.4, 0.5) is 0 Å². The van der Waals surface area contributed by atoms with Gasteiger partial charge >= 0.3 is 17.9 Å². The number of ether oxygens (including phenoxy) is 4. The quantitative estimate of drug-likeness (QED) is 0.216. The van der Waals surface area contributed by atoms with Gasteiger partial charge in [0.05, 0.1) is 26.2 Å². The van der Waals surface area contributed by atoms with E-state index < -0.39 is 11.9 Å². The van der Waals surface area contributed by atoms with Gasteiger partial charge in [0.15, 0.2) is 0 Å². The second-order valence-corrected chi connectivity index (χ2v) is 6.65. The Morgan fingerprint density at radius 3 is 1.93 bits per heavy atom. The summed E-state index contributed by atoms with van der Waals surface area (Å²) >= 11 is 0. The molecule has 29 heavy (non-hydrogen) atoms. The zero-order chi connectivity index (χ0) is 21.2. The summed E-state index contributed by atoms with van der Waals surface area (Å²) in [6.07, 6.45) is 1.93. The summed E-state index contributed by atoms with van der Waals surface area (Å²) in [4.78, 5) is 36.8. The number of rotatable bonds is 8. The Bertz CT molecular complexity index is 719. The minimum Gasteiger partial charge on any atom is -0.497 e. The van der Waals surface area contributed by atoms with Crippen LogP contribution in [0.15, 0.2) is 35.4 Å². The molecule has 0 heterocycles. The summed E-state index contributed by atoms with van der Waals surface area (Å²) in [5.41, 5.74) is 1.53. The van der Waals surface area contributed by atoms with E-state index in [2.05, 4.69) is 0 Å². The van der Waals surface area contributed by atoms with E-state index in [1.165, 1.54) is 0 Å². The summed E-state index contributed by atoms with van der Waals surface area (Å²) in [6, 6.07) is 7.32. The zero-order valence-corrected chi connectivity index (χ0v) is 17.2. The number of carbonyl (C=O) groups excluding carboxylic acids is 3. The zero-order valence-electron chi connectivity index (χ0n) is 17.2. The van der Waals surface area contributed by atoms with Crippen LogP contribution in [-0.4, -0.2) is 38.2 Å². The first-order valence-electron chi connectivity index (χ1n) is 9.85. The molecule has 0 spiro atoms. The van der Waals surface area contributed by atoms with E-state index in [4.69, 9.17) is 18.9 Å². The normalized spacial score (nSPS) is 16.0. The summed E-state index contributed by atoms with van der Waals surface area (Å²) in [5.74, 6) is -1.12. The monoisotopic (exact) mass is 404 g/mol. The fraction of sp³-hybridized carbons (Fsp3) is 0.500. The SMILES string of the molecule is CCOC(=O)C(C(=O)OCC)=C1CCC(C(=O)OCc2ccc(OC)cc2)CC1. The Morgan fingerprint density at radius 2 is 1.45 bits per heavy atom. The lowest BCUT2D eigenvalue weighted by molar-refractivity contribution is -0.150. The van der Waals surface area contributed by atoms with Crippen molar-refractivity contribution >= 4 is 17.9 Å². The highest BCUT2D eigenvalue weighted by molar-refractivity contribution is 6.14. The molecular weight excluding hydrogens is 376 g/mol. The molecule has 0 atom stereocenters. The number of hydrogen-bond acceptors (Lipinski definition) is 7. The lowest BCUT2D eigenvalue weighted by Gasteiger charge is -2.24. The molecule has 1 fully saturated rings. The topological polar surface area (TPSA) is 88.1 Å². The van der Waals surface area contributed by atoms with Crippen LogP contribution in [-0.2, 0) is 35.2 Å². The highest BCUT2D eigenvalue weighted by Crippen LogP contribution is 2.32. The lowest BCUT2D eigenvalue weighted by Crippen LogP contribution is -2.25. The van der Waals surface area contributed by atoms with Crippen LogP contribution in [0.2, 0.25) is 0 Å². The number of esters is 3. The van der Waals surface area contributed by atoms with Crippen LogP contribution in [0, 0.1) is 5.92 Å². The van der Waals surface area contributed by atoms with Crippen LogP contribution in [0.3, 0.4) is 0 Å².